The molecule has 30 heavy (non-hydrogen) atoms. The van der Waals surface area contributed by atoms with Crippen molar-refractivity contribution in [3.05, 3.63) is 34.7 Å². The molecular weight excluding hydrogens is 402 g/mol. The van der Waals surface area contributed by atoms with E-state index in [-0.39, 0.29) is 30.2 Å². The lowest BCUT2D eigenvalue weighted by Crippen LogP contribution is -2.34. The molecule has 0 unspecified atom stereocenters. The topological polar surface area (TPSA) is 79.0 Å². The van der Waals surface area contributed by atoms with Crippen molar-refractivity contribution in [2.24, 2.45) is 0 Å². The van der Waals surface area contributed by atoms with E-state index in [1.54, 1.807) is 11.9 Å². The monoisotopic (exact) mass is 429 g/mol. The van der Waals surface area contributed by atoms with Gasteiger partial charge in [0.2, 0.25) is 11.8 Å². The van der Waals surface area contributed by atoms with Crippen LogP contribution in [0.25, 0.3) is 10.1 Å². The van der Waals surface area contributed by atoms with Gasteiger partial charge in [0, 0.05) is 50.3 Å². The number of hydrogen-bond donors (Lipinski definition) is 1. The molecule has 1 atom stereocenters. The van der Waals surface area contributed by atoms with Gasteiger partial charge in [-0.15, -0.1) is 11.3 Å². The average molecular weight is 430 g/mol. The Morgan fingerprint density at radius 1 is 1.27 bits per heavy atom. The summed E-state index contributed by atoms with van der Waals surface area (Å²) in [6.45, 7) is 3.00. The maximum absolute atomic E-state index is 12.6. The van der Waals surface area contributed by atoms with Crippen molar-refractivity contribution in [2.45, 2.75) is 25.2 Å². The maximum Gasteiger partial charge on any atom is 0.261 e. The minimum atomic E-state index is -0.0734. The average Bonchev–Trinajstić information content (AvgIpc) is 3.48. The van der Waals surface area contributed by atoms with E-state index in [9.17, 15) is 14.4 Å². The molecule has 1 aromatic carbocycles. The highest BCUT2D eigenvalue weighted by Gasteiger charge is 2.32. The normalized spacial score (nSPS) is 19.1. The molecule has 3 amide bonds. The number of likely N-dealkylation sites (tertiary alicyclic amines) is 2. The lowest BCUT2D eigenvalue weighted by molar-refractivity contribution is -0.135. The number of ether oxygens (including phenoxy) is 1. The van der Waals surface area contributed by atoms with E-state index in [1.165, 1.54) is 11.3 Å². The van der Waals surface area contributed by atoms with Crippen molar-refractivity contribution >= 4 is 39.1 Å². The van der Waals surface area contributed by atoms with E-state index >= 15 is 0 Å². The third kappa shape index (κ3) is 4.20. The number of nitrogens with one attached hydrogen (secondary N) is 1. The number of fused-ring (bicyclic) bond motifs is 1. The predicted molar refractivity (Wildman–Crippen MR) is 116 cm³/mol. The van der Waals surface area contributed by atoms with Crippen LogP contribution in [0.5, 0.6) is 0 Å². The fraction of sp³-hybridized carbons (Fsp3) is 0.500. The molecule has 8 heteroatoms. The van der Waals surface area contributed by atoms with Crippen LogP contribution in [0.15, 0.2) is 24.3 Å². The Kier molecular flexibility index (Phi) is 6.34. The lowest BCUT2D eigenvalue weighted by Gasteiger charge is -2.18. The van der Waals surface area contributed by atoms with Gasteiger partial charge in [0.05, 0.1) is 11.5 Å². The van der Waals surface area contributed by atoms with Crippen LogP contribution >= 0.6 is 11.3 Å². The van der Waals surface area contributed by atoms with E-state index in [0.717, 1.165) is 39.9 Å². The predicted octanol–water partition coefficient (Wildman–Crippen LogP) is 2.22. The van der Waals surface area contributed by atoms with Gasteiger partial charge in [-0.3, -0.25) is 14.4 Å². The molecule has 2 aliphatic rings. The van der Waals surface area contributed by atoms with E-state index < -0.39 is 0 Å². The standard InChI is InChI=1S/C22H27N3O4S/c1-23-22(28)21-20(16-5-2-3-6-17(16)30-21)15-8-10-25(13-15)19(27)14-29-12-11-24-9-4-7-18(24)26/h2-3,5-6,15H,4,7-14H2,1H3,(H,23,28)/t15-/m1/s1. The molecule has 0 bridgehead atoms. The van der Waals surface area contributed by atoms with Crippen LogP contribution in [0.3, 0.4) is 0 Å². The summed E-state index contributed by atoms with van der Waals surface area (Å²) in [5, 5.41) is 3.85. The molecule has 7 nitrogen and oxygen atoms in total. The number of nitrogens with zero attached hydrogens (tertiary/aromatic N) is 2. The van der Waals surface area contributed by atoms with Crippen molar-refractivity contribution in [2.75, 3.05) is 46.4 Å². The summed E-state index contributed by atoms with van der Waals surface area (Å²) >= 11 is 1.51. The summed E-state index contributed by atoms with van der Waals surface area (Å²) in [5.74, 6) is 0.198. The number of hydrogen-bond acceptors (Lipinski definition) is 5. The van der Waals surface area contributed by atoms with Crippen molar-refractivity contribution in [1.29, 1.82) is 0 Å². The highest BCUT2D eigenvalue weighted by atomic mass is 32.1. The van der Waals surface area contributed by atoms with E-state index in [2.05, 4.69) is 11.4 Å². The molecule has 4 rings (SSSR count). The highest BCUT2D eigenvalue weighted by molar-refractivity contribution is 7.21. The second kappa shape index (κ2) is 9.14. The van der Waals surface area contributed by atoms with Gasteiger partial charge in [0.25, 0.3) is 5.91 Å². The first kappa shape index (κ1) is 20.8. The molecule has 160 valence electrons. The Morgan fingerprint density at radius 2 is 2.10 bits per heavy atom. The Morgan fingerprint density at radius 3 is 2.87 bits per heavy atom. The second-order valence-corrected chi connectivity index (χ2v) is 8.83. The largest absolute Gasteiger partial charge is 0.370 e. The molecule has 0 radical (unpaired) electrons. The minimum absolute atomic E-state index is 0.0292. The third-order valence-corrected chi connectivity index (χ3v) is 7.10. The second-order valence-electron chi connectivity index (χ2n) is 7.78. The first-order valence-electron chi connectivity index (χ1n) is 10.4. The van der Waals surface area contributed by atoms with Gasteiger partial charge in [-0.2, -0.15) is 0 Å². The third-order valence-electron chi connectivity index (χ3n) is 5.92. The van der Waals surface area contributed by atoms with Crippen LogP contribution in [0.1, 0.15) is 40.4 Å². The molecule has 0 saturated carbocycles. The van der Waals surface area contributed by atoms with Crippen LogP contribution in [0.2, 0.25) is 0 Å². The molecule has 2 saturated heterocycles. The summed E-state index contributed by atoms with van der Waals surface area (Å²) in [7, 11) is 1.65. The van der Waals surface area contributed by atoms with Gasteiger partial charge in [0.15, 0.2) is 0 Å². The number of carbonyl (C=O) groups excluding carboxylic acids is 3. The summed E-state index contributed by atoms with van der Waals surface area (Å²) in [4.78, 5) is 41.0. The van der Waals surface area contributed by atoms with Gasteiger partial charge in [-0.25, -0.2) is 0 Å². The molecule has 3 heterocycles. The molecule has 0 spiro atoms. The first-order valence-corrected chi connectivity index (χ1v) is 11.3. The minimum Gasteiger partial charge on any atom is -0.370 e. The van der Waals surface area contributed by atoms with E-state index in [1.807, 2.05) is 23.1 Å². The summed E-state index contributed by atoms with van der Waals surface area (Å²) < 4.78 is 6.64. The van der Waals surface area contributed by atoms with Gasteiger partial charge in [-0.05, 0) is 29.9 Å². The molecule has 2 aromatic rings. The van der Waals surface area contributed by atoms with Crippen molar-refractivity contribution < 1.29 is 19.1 Å². The molecule has 2 fully saturated rings. The quantitative estimate of drug-likeness (QED) is 0.685. The number of carbonyl (C=O) groups is 3. The molecule has 0 aliphatic carbocycles. The Bertz CT molecular complexity index is 957. The highest BCUT2D eigenvalue weighted by Crippen LogP contribution is 2.40. The van der Waals surface area contributed by atoms with Crippen LogP contribution in [0, 0.1) is 0 Å². The Labute approximate surface area is 180 Å². The number of rotatable bonds is 7. The molecule has 2 aliphatic heterocycles. The van der Waals surface area contributed by atoms with Crippen molar-refractivity contribution in [1.82, 2.24) is 15.1 Å². The van der Waals surface area contributed by atoms with Gasteiger partial charge in [-0.1, -0.05) is 18.2 Å². The maximum atomic E-state index is 12.6. The van der Waals surface area contributed by atoms with Crippen molar-refractivity contribution in [3.8, 4) is 0 Å². The lowest BCUT2D eigenvalue weighted by atomic mass is 9.95. The fourth-order valence-electron chi connectivity index (χ4n) is 4.34. The van der Waals surface area contributed by atoms with Crippen LogP contribution in [0.4, 0.5) is 0 Å². The SMILES string of the molecule is CNC(=O)c1sc2ccccc2c1[C@@H]1CCN(C(=O)COCCN2CCCC2=O)C1. The summed E-state index contributed by atoms with van der Waals surface area (Å²) in [6, 6.07) is 8.06. The zero-order valence-corrected chi connectivity index (χ0v) is 18.0. The first-order chi connectivity index (χ1) is 14.6. The number of thiophene rings is 1. The number of benzene rings is 1. The van der Waals surface area contributed by atoms with Crippen LogP contribution in [-0.4, -0.2) is 74.0 Å². The molecule has 1 aromatic heterocycles. The van der Waals surface area contributed by atoms with Crippen LogP contribution in [-0.2, 0) is 14.3 Å². The van der Waals surface area contributed by atoms with Gasteiger partial charge in [0.1, 0.15) is 6.61 Å². The summed E-state index contributed by atoms with van der Waals surface area (Å²) in [5.41, 5.74) is 1.05. The smallest absolute Gasteiger partial charge is 0.261 e. The van der Waals surface area contributed by atoms with Gasteiger partial charge < -0.3 is 19.9 Å². The molecular formula is C22H27N3O4S. The van der Waals surface area contributed by atoms with E-state index in [4.69, 9.17) is 4.74 Å². The molecule has 1 N–H and O–H groups in total. The Balaban J connectivity index is 1.36. The van der Waals surface area contributed by atoms with E-state index in [0.29, 0.717) is 32.7 Å². The summed E-state index contributed by atoms with van der Waals surface area (Å²) in [6.07, 6.45) is 2.35. The van der Waals surface area contributed by atoms with Crippen LogP contribution < -0.4 is 5.32 Å². The zero-order valence-electron chi connectivity index (χ0n) is 17.2. The Hall–Kier alpha value is -2.45. The van der Waals surface area contributed by atoms with Gasteiger partial charge >= 0.3 is 0 Å². The fourth-order valence-corrected chi connectivity index (χ4v) is 5.58. The zero-order chi connectivity index (χ0) is 21.1. The van der Waals surface area contributed by atoms with Crippen molar-refractivity contribution in [3.63, 3.8) is 0 Å². The number of amides is 3.